The summed E-state index contributed by atoms with van der Waals surface area (Å²) >= 11 is 0. The molecule has 0 aliphatic heterocycles. The van der Waals surface area contributed by atoms with Crippen LogP contribution >= 0.6 is 7.82 Å². The van der Waals surface area contributed by atoms with Crippen LogP contribution in [-0.2, 0) is 13.6 Å². The van der Waals surface area contributed by atoms with Crippen molar-refractivity contribution in [1.82, 2.24) is 0 Å². The first kappa shape index (κ1) is 19.1. The quantitative estimate of drug-likeness (QED) is 0.517. The van der Waals surface area contributed by atoms with Gasteiger partial charge in [0.2, 0.25) is 0 Å². The molecule has 4 nitrogen and oxygen atoms in total. The Hall–Kier alpha value is 0.110. The lowest BCUT2D eigenvalue weighted by Crippen LogP contribution is -2.09. The second-order valence-electron chi connectivity index (χ2n) is 7.46. The average molecular weight is 294 g/mol. The second kappa shape index (κ2) is 7.78. The fraction of sp³-hybridized carbons (Fsp3) is 1.00. The number of rotatable bonds is 8. The van der Waals surface area contributed by atoms with Crippen molar-refractivity contribution in [1.29, 1.82) is 0 Å². The van der Waals surface area contributed by atoms with Crippen LogP contribution in [0.1, 0.15) is 67.2 Å². The Morgan fingerprint density at radius 3 is 1.79 bits per heavy atom. The van der Waals surface area contributed by atoms with Gasteiger partial charge in [-0.3, -0.25) is 9.05 Å². The SMILES string of the molecule is CC(C)(C)CCCCOP(=O)(O)OCCC(C)(C)C. The Morgan fingerprint density at radius 1 is 0.842 bits per heavy atom. The molecule has 0 aromatic heterocycles. The van der Waals surface area contributed by atoms with Crippen molar-refractivity contribution >= 4 is 7.82 Å². The van der Waals surface area contributed by atoms with E-state index in [2.05, 4.69) is 41.5 Å². The van der Waals surface area contributed by atoms with Gasteiger partial charge >= 0.3 is 7.82 Å². The largest absolute Gasteiger partial charge is 0.472 e. The highest BCUT2D eigenvalue weighted by Crippen LogP contribution is 2.44. The maximum absolute atomic E-state index is 11.6. The minimum atomic E-state index is -3.86. The van der Waals surface area contributed by atoms with E-state index in [1.54, 1.807) is 0 Å². The third-order valence-electron chi connectivity index (χ3n) is 2.68. The number of phosphoric acid groups is 1. The molecule has 1 N–H and O–H groups in total. The summed E-state index contributed by atoms with van der Waals surface area (Å²) in [7, 11) is -3.86. The van der Waals surface area contributed by atoms with E-state index in [0.717, 1.165) is 25.7 Å². The van der Waals surface area contributed by atoms with Crippen LogP contribution in [0.25, 0.3) is 0 Å². The molecule has 0 aliphatic carbocycles. The van der Waals surface area contributed by atoms with Gasteiger partial charge in [-0.1, -0.05) is 48.0 Å². The molecule has 0 rings (SSSR count). The van der Waals surface area contributed by atoms with E-state index in [1.165, 1.54) is 0 Å². The molecule has 0 aliphatic rings. The van der Waals surface area contributed by atoms with Gasteiger partial charge in [-0.2, -0.15) is 0 Å². The highest BCUT2D eigenvalue weighted by atomic mass is 31.2. The van der Waals surface area contributed by atoms with Crippen molar-refractivity contribution in [2.24, 2.45) is 10.8 Å². The van der Waals surface area contributed by atoms with Crippen molar-refractivity contribution in [3.8, 4) is 0 Å². The topological polar surface area (TPSA) is 55.8 Å². The monoisotopic (exact) mass is 294 g/mol. The van der Waals surface area contributed by atoms with Gasteiger partial charge in [-0.15, -0.1) is 0 Å². The third-order valence-corrected chi connectivity index (χ3v) is 3.70. The van der Waals surface area contributed by atoms with Crippen LogP contribution < -0.4 is 0 Å². The van der Waals surface area contributed by atoms with E-state index in [-0.39, 0.29) is 18.6 Å². The van der Waals surface area contributed by atoms with Crippen molar-refractivity contribution in [2.45, 2.75) is 67.2 Å². The molecule has 1 atom stereocenters. The molecule has 0 saturated carbocycles. The number of hydrogen-bond acceptors (Lipinski definition) is 3. The smallest absolute Gasteiger partial charge is 0.302 e. The lowest BCUT2D eigenvalue weighted by molar-refractivity contribution is 0.133. The van der Waals surface area contributed by atoms with Crippen molar-refractivity contribution in [2.75, 3.05) is 13.2 Å². The maximum atomic E-state index is 11.6. The summed E-state index contributed by atoms with van der Waals surface area (Å²) < 4.78 is 21.5. The van der Waals surface area contributed by atoms with E-state index in [9.17, 15) is 9.46 Å². The van der Waals surface area contributed by atoms with Gasteiger partial charge in [0.15, 0.2) is 0 Å². The van der Waals surface area contributed by atoms with Crippen LogP contribution in [0.2, 0.25) is 0 Å². The van der Waals surface area contributed by atoms with Gasteiger partial charge in [-0.25, -0.2) is 4.57 Å². The predicted octanol–water partition coefficient (Wildman–Crippen LogP) is 4.77. The van der Waals surface area contributed by atoms with Gasteiger partial charge in [0, 0.05) is 0 Å². The molecule has 116 valence electrons. The zero-order chi connectivity index (χ0) is 15.2. The second-order valence-corrected chi connectivity index (χ2v) is 8.92. The summed E-state index contributed by atoms with van der Waals surface area (Å²) in [5.74, 6) is 0. The lowest BCUT2D eigenvalue weighted by atomic mass is 9.90. The highest BCUT2D eigenvalue weighted by Gasteiger charge is 2.22. The summed E-state index contributed by atoms with van der Waals surface area (Å²) in [5, 5.41) is 0. The van der Waals surface area contributed by atoms with E-state index < -0.39 is 7.82 Å². The average Bonchev–Trinajstić information content (AvgIpc) is 2.12. The number of hydrogen-bond donors (Lipinski definition) is 1. The first-order valence-corrected chi connectivity index (χ1v) is 8.53. The molecule has 0 aromatic carbocycles. The van der Waals surface area contributed by atoms with Gasteiger partial charge in [0.1, 0.15) is 0 Å². The first-order chi connectivity index (χ1) is 8.41. The zero-order valence-electron chi connectivity index (χ0n) is 13.4. The molecule has 0 spiro atoms. The van der Waals surface area contributed by atoms with Crippen LogP contribution in [0, 0.1) is 10.8 Å². The summed E-state index contributed by atoms with van der Waals surface area (Å²) in [5.41, 5.74) is 0.388. The molecule has 0 radical (unpaired) electrons. The minimum absolute atomic E-state index is 0.0900. The van der Waals surface area contributed by atoms with E-state index in [4.69, 9.17) is 9.05 Å². The molecule has 5 heteroatoms. The normalized spacial score (nSPS) is 16.4. The first-order valence-electron chi connectivity index (χ1n) is 7.03. The van der Waals surface area contributed by atoms with Crippen LogP contribution in [0.4, 0.5) is 0 Å². The fourth-order valence-corrected chi connectivity index (χ4v) is 2.20. The van der Waals surface area contributed by atoms with Gasteiger partial charge in [-0.05, 0) is 30.1 Å². The zero-order valence-corrected chi connectivity index (χ0v) is 14.3. The van der Waals surface area contributed by atoms with Crippen LogP contribution in [0.5, 0.6) is 0 Å². The molecule has 0 bridgehead atoms. The molecular weight excluding hydrogens is 263 g/mol. The summed E-state index contributed by atoms with van der Waals surface area (Å²) in [6.45, 7) is 13.3. The Morgan fingerprint density at radius 2 is 1.32 bits per heavy atom. The third kappa shape index (κ3) is 14.3. The summed E-state index contributed by atoms with van der Waals surface area (Å²) in [4.78, 5) is 9.48. The lowest BCUT2D eigenvalue weighted by Gasteiger charge is -2.19. The molecule has 0 heterocycles. The molecule has 0 fully saturated rings. The Kier molecular flexibility index (Phi) is 7.82. The standard InChI is InChI=1S/C14H31O4P/c1-13(2,3)9-7-8-11-17-19(15,16)18-12-10-14(4,5)6/h7-12H2,1-6H3,(H,15,16). The number of phosphoric ester groups is 1. The summed E-state index contributed by atoms with van der Waals surface area (Å²) in [6, 6.07) is 0. The van der Waals surface area contributed by atoms with Gasteiger partial charge in [0.05, 0.1) is 13.2 Å². The van der Waals surface area contributed by atoms with E-state index >= 15 is 0 Å². The van der Waals surface area contributed by atoms with E-state index in [1.807, 2.05) is 0 Å². The van der Waals surface area contributed by atoms with Crippen molar-refractivity contribution in [3.05, 3.63) is 0 Å². The fourth-order valence-electron chi connectivity index (χ4n) is 1.44. The Labute approximate surface area is 118 Å². The highest BCUT2D eigenvalue weighted by molar-refractivity contribution is 7.47. The molecule has 1 unspecified atom stereocenters. The molecule has 0 saturated heterocycles. The Bertz CT molecular complexity index is 289. The summed E-state index contributed by atoms with van der Waals surface area (Å²) in [6.07, 6.45) is 3.58. The van der Waals surface area contributed by atoms with Gasteiger partial charge < -0.3 is 4.89 Å². The molecule has 0 aromatic rings. The van der Waals surface area contributed by atoms with Crippen LogP contribution in [0.3, 0.4) is 0 Å². The Balaban J connectivity index is 3.71. The number of unbranched alkanes of at least 4 members (excludes halogenated alkanes) is 1. The molecular formula is C14H31O4P. The van der Waals surface area contributed by atoms with Gasteiger partial charge in [0.25, 0.3) is 0 Å². The van der Waals surface area contributed by atoms with Crippen molar-refractivity contribution in [3.63, 3.8) is 0 Å². The van der Waals surface area contributed by atoms with Crippen molar-refractivity contribution < 1.29 is 18.5 Å². The predicted molar refractivity (Wildman–Crippen MR) is 79.1 cm³/mol. The molecule has 19 heavy (non-hydrogen) atoms. The molecule has 0 amide bonds. The van der Waals surface area contributed by atoms with E-state index in [0.29, 0.717) is 5.41 Å². The maximum Gasteiger partial charge on any atom is 0.472 e. The van der Waals surface area contributed by atoms with Crippen LogP contribution in [0.15, 0.2) is 0 Å². The minimum Gasteiger partial charge on any atom is -0.302 e. The van der Waals surface area contributed by atoms with Crippen LogP contribution in [-0.4, -0.2) is 18.1 Å².